The Morgan fingerprint density at radius 1 is 1.32 bits per heavy atom. The van der Waals surface area contributed by atoms with Gasteiger partial charge in [0.15, 0.2) is 0 Å². The van der Waals surface area contributed by atoms with E-state index in [1.54, 1.807) is 11.3 Å². The number of nitrogens with zero attached hydrogens (tertiary/aromatic N) is 2. The zero-order chi connectivity index (χ0) is 15.8. The van der Waals surface area contributed by atoms with E-state index in [1.165, 1.54) is 0 Å². The van der Waals surface area contributed by atoms with Gasteiger partial charge in [-0.05, 0) is 24.3 Å². The maximum absolute atomic E-state index is 11.5. The van der Waals surface area contributed by atoms with E-state index in [0.29, 0.717) is 43.9 Å². The molecule has 0 unspecified atom stereocenters. The standard InChI is InChI=1S/C14H17N3O4S/c18-11(15-8-2-7-13(19)20)5-1-6-12-16-14(17-21-12)10-4-3-9-22-10/h3-4,9H,1-2,5-8H2,(H,15,18)(H,19,20). The van der Waals surface area contributed by atoms with Gasteiger partial charge < -0.3 is 14.9 Å². The van der Waals surface area contributed by atoms with Crippen LogP contribution < -0.4 is 5.32 Å². The molecule has 2 N–H and O–H groups in total. The predicted octanol–water partition coefficient (Wildman–Crippen LogP) is 2.10. The van der Waals surface area contributed by atoms with Crippen LogP contribution in [0.4, 0.5) is 0 Å². The van der Waals surface area contributed by atoms with Crippen LogP contribution in [-0.2, 0) is 16.0 Å². The van der Waals surface area contributed by atoms with Crippen LogP contribution in [0, 0.1) is 0 Å². The first-order valence-corrected chi connectivity index (χ1v) is 7.88. The predicted molar refractivity (Wildman–Crippen MR) is 80.4 cm³/mol. The SMILES string of the molecule is O=C(O)CCCNC(=O)CCCc1nc(-c2cccs2)no1. The van der Waals surface area contributed by atoms with Crippen molar-refractivity contribution < 1.29 is 19.2 Å². The van der Waals surface area contributed by atoms with Crippen LogP contribution in [-0.4, -0.2) is 33.7 Å². The van der Waals surface area contributed by atoms with Gasteiger partial charge in [-0.25, -0.2) is 0 Å². The summed E-state index contributed by atoms with van der Waals surface area (Å²) in [6.07, 6.45) is 2.00. The Balaban J connectivity index is 1.64. The summed E-state index contributed by atoms with van der Waals surface area (Å²) in [6.45, 7) is 0.383. The van der Waals surface area contributed by atoms with E-state index in [2.05, 4.69) is 15.5 Å². The zero-order valence-corrected chi connectivity index (χ0v) is 12.8. The normalized spacial score (nSPS) is 10.5. The van der Waals surface area contributed by atoms with Gasteiger partial charge in [-0.3, -0.25) is 9.59 Å². The van der Waals surface area contributed by atoms with Crippen molar-refractivity contribution in [1.29, 1.82) is 0 Å². The van der Waals surface area contributed by atoms with Crippen LogP contribution in [0.3, 0.4) is 0 Å². The Labute approximate surface area is 131 Å². The minimum Gasteiger partial charge on any atom is -0.481 e. The third kappa shape index (κ3) is 5.28. The molecule has 0 saturated heterocycles. The summed E-state index contributed by atoms with van der Waals surface area (Å²) in [7, 11) is 0. The van der Waals surface area contributed by atoms with Crippen molar-refractivity contribution in [3.8, 4) is 10.7 Å². The molecular weight excluding hydrogens is 306 g/mol. The summed E-state index contributed by atoms with van der Waals surface area (Å²) in [5.74, 6) is 0.140. The van der Waals surface area contributed by atoms with Crippen molar-refractivity contribution in [2.45, 2.75) is 32.1 Å². The summed E-state index contributed by atoms with van der Waals surface area (Å²) < 4.78 is 5.14. The number of hydrogen-bond donors (Lipinski definition) is 2. The Morgan fingerprint density at radius 2 is 2.18 bits per heavy atom. The molecule has 2 rings (SSSR count). The molecule has 8 heteroatoms. The summed E-state index contributed by atoms with van der Waals surface area (Å²) in [6, 6.07) is 3.84. The smallest absolute Gasteiger partial charge is 0.303 e. The first-order chi connectivity index (χ1) is 10.6. The van der Waals surface area contributed by atoms with Gasteiger partial charge in [-0.2, -0.15) is 4.98 Å². The first-order valence-electron chi connectivity index (χ1n) is 7.00. The largest absolute Gasteiger partial charge is 0.481 e. The van der Waals surface area contributed by atoms with Gasteiger partial charge in [-0.15, -0.1) is 11.3 Å². The number of rotatable bonds is 9. The minimum absolute atomic E-state index is 0.0633. The third-order valence-electron chi connectivity index (χ3n) is 2.89. The molecule has 0 bridgehead atoms. The quantitative estimate of drug-likeness (QED) is 0.685. The Morgan fingerprint density at radius 3 is 2.91 bits per heavy atom. The highest BCUT2D eigenvalue weighted by atomic mass is 32.1. The molecule has 1 amide bonds. The molecule has 0 radical (unpaired) electrons. The van der Waals surface area contributed by atoms with Crippen molar-refractivity contribution in [1.82, 2.24) is 15.5 Å². The molecule has 0 aromatic carbocycles. The number of amides is 1. The number of aliphatic carboxylic acids is 1. The molecule has 7 nitrogen and oxygen atoms in total. The monoisotopic (exact) mass is 323 g/mol. The molecule has 0 aliphatic rings. The first kappa shape index (κ1) is 16.2. The van der Waals surface area contributed by atoms with Crippen molar-refractivity contribution in [3.63, 3.8) is 0 Å². The summed E-state index contributed by atoms with van der Waals surface area (Å²) in [5.41, 5.74) is 0. The van der Waals surface area contributed by atoms with Crippen LogP contribution >= 0.6 is 11.3 Å². The lowest BCUT2D eigenvalue weighted by molar-refractivity contribution is -0.137. The second kappa shape index (κ2) is 8.28. The summed E-state index contributed by atoms with van der Waals surface area (Å²) in [4.78, 5) is 27.1. The second-order valence-corrected chi connectivity index (χ2v) is 5.64. The molecule has 2 heterocycles. The fourth-order valence-electron chi connectivity index (χ4n) is 1.82. The molecule has 0 aliphatic carbocycles. The molecule has 118 valence electrons. The van der Waals surface area contributed by atoms with Crippen molar-refractivity contribution >= 4 is 23.2 Å². The number of nitrogens with one attached hydrogen (secondary N) is 1. The molecule has 2 aromatic rings. The van der Waals surface area contributed by atoms with E-state index in [1.807, 2.05) is 17.5 Å². The number of carboxylic acids is 1. The van der Waals surface area contributed by atoms with Crippen molar-refractivity contribution in [3.05, 3.63) is 23.4 Å². The Hall–Kier alpha value is -2.22. The van der Waals surface area contributed by atoms with Crippen molar-refractivity contribution in [2.24, 2.45) is 0 Å². The topological polar surface area (TPSA) is 105 Å². The maximum atomic E-state index is 11.5. The van der Waals surface area contributed by atoms with Crippen molar-refractivity contribution in [2.75, 3.05) is 6.54 Å². The third-order valence-corrected chi connectivity index (χ3v) is 3.76. The highest BCUT2D eigenvalue weighted by Crippen LogP contribution is 2.21. The van der Waals surface area contributed by atoms with Gasteiger partial charge >= 0.3 is 5.97 Å². The van der Waals surface area contributed by atoms with Gasteiger partial charge in [0.1, 0.15) is 0 Å². The van der Waals surface area contributed by atoms with Gasteiger partial charge in [0.2, 0.25) is 17.6 Å². The fourth-order valence-corrected chi connectivity index (χ4v) is 2.47. The van der Waals surface area contributed by atoms with Crippen LogP contribution in [0.2, 0.25) is 0 Å². The highest BCUT2D eigenvalue weighted by Gasteiger charge is 2.10. The van der Waals surface area contributed by atoms with E-state index >= 15 is 0 Å². The highest BCUT2D eigenvalue weighted by molar-refractivity contribution is 7.13. The van der Waals surface area contributed by atoms with Gasteiger partial charge in [0.25, 0.3) is 0 Å². The van der Waals surface area contributed by atoms with Gasteiger partial charge in [0, 0.05) is 25.8 Å². The van der Waals surface area contributed by atoms with Crippen LogP contribution in [0.15, 0.2) is 22.0 Å². The minimum atomic E-state index is -0.854. The molecule has 2 aromatic heterocycles. The molecule has 0 atom stereocenters. The summed E-state index contributed by atoms with van der Waals surface area (Å²) in [5, 5.41) is 17.0. The van der Waals surface area contributed by atoms with E-state index in [9.17, 15) is 9.59 Å². The lowest BCUT2D eigenvalue weighted by Crippen LogP contribution is -2.24. The van der Waals surface area contributed by atoms with E-state index < -0.39 is 5.97 Å². The van der Waals surface area contributed by atoms with Gasteiger partial charge in [-0.1, -0.05) is 11.2 Å². The van der Waals surface area contributed by atoms with E-state index in [4.69, 9.17) is 9.63 Å². The number of carbonyl (C=O) groups is 2. The van der Waals surface area contributed by atoms with Crippen LogP contribution in [0.5, 0.6) is 0 Å². The average Bonchev–Trinajstić information content (AvgIpc) is 3.14. The van der Waals surface area contributed by atoms with Gasteiger partial charge in [0.05, 0.1) is 4.88 Å². The Kier molecular flexibility index (Phi) is 6.08. The maximum Gasteiger partial charge on any atom is 0.303 e. The van der Waals surface area contributed by atoms with E-state index in [0.717, 1.165) is 4.88 Å². The number of thiophene rings is 1. The number of hydrogen-bond acceptors (Lipinski definition) is 6. The number of carboxylic acid groups (broad SMARTS) is 1. The fraction of sp³-hybridized carbons (Fsp3) is 0.429. The number of aryl methyl sites for hydroxylation is 1. The molecular formula is C14H17N3O4S. The molecule has 22 heavy (non-hydrogen) atoms. The zero-order valence-electron chi connectivity index (χ0n) is 11.9. The van der Waals surface area contributed by atoms with E-state index in [-0.39, 0.29) is 12.3 Å². The molecule has 0 aliphatic heterocycles. The average molecular weight is 323 g/mol. The molecule has 0 spiro atoms. The number of aromatic nitrogens is 2. The molecule has 0 fully saturated rings. The van der Waals surface area contributed by atoms with Crippen LogP contribution in [0.1, 0.15) is 31.6 Å². The number of carbonyl (C=O) groups excluding carboxylic acids is 1. The lowest BCUT2D eigenvalue weighted by Gasteiger charge is -2.02. The second-order valence-electron chi connectivity index (χ2n) is 4.69. The Bertz CT molecular complexity index is 609. The summed E-state index contributed by atoms with van der Waals surface area (Å²) >= 11 is 1.54. The molecule has 0 saturated carbocycles. The van der Waals surface area contributed by atoms with Crippen LogP contribution in [0.25, 0.3) is 10.7 Å². The lowest BCUT2D eigenvalue weighted by atomic mass is 10.2.